The first kappa shape index (κ1) is 12.3. The molecule has 1 aromatic carbocycles. The second-order valence-electron chi connectivity index (χ2n) is 4.43. The molecule has 0 aromatic heterocycles. The molecule has 94 valence electrons. The van der Waals surface area contributed by atoms with Gasteiger partial charge in [-0.2, -0.15) is 0 Å². The van der Waals surface area contributed by atoms with E-state index in [1.165, 1.54) is 12.1 Å². The fourth-order valence-electron chi connectivity index (χ4n) is 1.97. The van der Waals surface area contributed by atoms with Crippen LogP contribution >= 0.6 is 0 Å². The average molecular weight is 239 g/mol. The van der Waals surface area contributed by atoms with Gasteiger partial charge in [-0.3, -0.25) is 0 Å². The lowest BCUT2D eigenvalue weighted by Crippen LogP contribution is -2.28. The first-order chi connectivity index (χ1) is 8.16. The average Bonchev–Trinajstić information content (AvgIpc) is 2.32. The lowest BCUT2D eigenvalue weighted by Gasteiger charge is -2.25. The lowest BCUT2D eigenvalue weighted by molar-refractivity contribution is 0.00690. The Kier molecular flexibility index (Phi) is 3.97. The van der Waals surface area contributed by atoms with Crippen molar-refractivity contribution in [2.45, 2.75) is 31.9 Å². The van der Waals surface area contributed by atoms with Crippen LogP contribution in [0.1, 0.15) is 31.4 Å². The van der Waals surface area contributed by atoms with E-state index in [9.17, 15) is 4.39 Å². The number of nitrogens with two attached hydrogens (primary N) is 1. The van der Waals surface area contributed by atoms with Crippen molar-refractivity contribution in [2.24, 2.45) is 5.73 Å². The first-order valence-electron chi connectivity index (χ1n) is 5.96. The molecular formula is C13H18FNO2. The van der Waals surface area contributed by atoms with Gasteiger partial charge in [-0.1, -0.05) is 0 Å². The van der Waals surface area contributed by atoms with Crippen LogP contribution in [0.2, 0.25) is 0 Å². The second-order valence-corrected chi connectivity index (χ2v) is 4.43. The van der Waals surface area contributed by atoms with Crippen molar-refractivity contribution in [1.29, 1.82) is 0 Å². The van der Waals surface area contributed by atoms with Crippen molar-refractivity contribution in [3.05, 3.63) is 29.6 Å². The molecule has 2 atom stereocenters. The van der Waals surface area contributed by atoms with Crippen LogP contribution < -0.4 is 10.5 Å². The zero-order chi connectivity index (χ0) is 12.3. The second kappa shape index (κ2) is 5.47. The molecule has 2 N–H and O–H groups in total. The zero-order valence-corrected chi connectivity index (χ0v) is 9.99. The van der Waals surface area contributed by atoms with Gasteiger partial charge < -0.3 is 15.2 Å². The van der Waals surface area contributed by atoms with Crippen LogP contribution in [0, 0.1) is 5.82 Å². The normalized spacial score (nSPS) is 22.2. The van der Waals surface area contributed by atoms with E-state index in [0.717, 1.165) is 19.4 Å². The Balaban J connectivity index is 2.13. The molecule has 1 fully saturated rings. The summed E-state index contributed by atoms with van der Waals surface area (Å²) < 4.78 is 24.3. The number of halogens is 1. The maximum Gasteiger partial charge on any atom is 0.124 e. The summed E-state index contributed by atoms with van der Waals surface area (Å²) in [5.74, 6) is 0.376. The van der Waals surface area contributed by atoms with Crippen LogP contribution in [-0.4, -0.2) is 19.3 Å². The van der Waals surface area contributed by atoms with E-state index in [0.29, 0.717) is 17.9 Å². The number of hydrogen-bond acceptors (Lipinski definition) is 3. The van der Waals surface area contributed by atoms with Crippen molar-refractivity contribution in [2.75, 3.05) is 13.2 Å². The highest BCUT2D eigenvalue weighted by Crippen LogP contribution is 2.27. The Morgan fingerprint density at radius 1 is 1.53 bits per heavy atom. The van der Waals surface area contributed by atoms with E-state index in [-0.39, 0.29) is 18.0 Å². The predicted molar refractivity (Wildman–Crippen MR) is 63.5 cm³/mol. The molecule has 0 amide bonds. The topological polar surface area (TPSA) is 44.5 Å². The van der Waals surface area contributed by atoms with Crippen LogP contribution in [0.25, 0.3) is 0 Å². The van der Waals surface area contributed by atoms with E-state index in [1.54, 1.807) is 6.07 Å². The summed E-state index contributed by atoms with van der Waals surface area (Å²) in [4.78, 5) is 0. The van der Waals surface area contributed by atoms with Crippen LogP contribution in [0.5, 0.6) is 5.75 Å². The molecule has 1 unspecified atom stereocenters. The van der Waals surface area contributed by atoms with Gasteiger partial charge in [0.25, 0.3) is 0 Å². The highest BCUT2D eigenvalue weighted by atomic mass is 19.1. The molecule has 3 nitrogen and oxygen atoms in total. The van der Waals surface area contributed by atoms with Crippen molar-refractivity contribution in [1.82, 2.24) is 0 Å². The minimum atomic E-state index is -0.287. The molecule has 1 heterocycles. The molecule has 0 bridgehead atoms. The van der Waals surface area contributed by atoms with Gasteiger partial charge in [0.2, 0.25) is 0 Å². The molecule has 2 rings (SSSR count). The summed E-state index contributed by atoms with van der Waals surface area (Å²) in [5.41, 5.74) is 6.51. The molecule has 0 aliphatic carbocycles. The van der Waals surface area contributed by atoms with Gasteiger partial charge in [0.1, 0.15) is 17.7 Å². The number of ether oxygens (including phenoxy) is 2. The van der Waals surface area contributed by atoms with Gasteiger partial charge in [-0.05, 0) is 38.0 Å². The lowest BCUT2D eigenvalue weighted by atomic mass is 10.1. The van der Waals surface area contributed by atoms with Crippen LogP contribution in [0.4, 0.5) is 4.39 Å². The number of rotatable bonds is 3. The fraction of sp³-hybridized carbons (Fsp3) is 0.538. The molecule has 0 radical (unpaired) electrons. The molecular weight excluding hydrogens is 221 g/mol. The smallest absolute Gasteiger partial charge is 0.124 e. The Morgan fingerprint density at radius 2 is 2.35 bits per heavy atom. The molecule has 1 aliphatic rings. The summed E-state index contributed by atoms with van der Waals surface area (Å²) in [6.45, 7) is 3.21. The highest BCUT2D eigenvalue weighted by Gasteiger charge is 2.18. The number of hydrogen-bond donors (Lipinski definition) is 1. The minimum absolute atomic E-state index is 0.0479. The van der Waals surface area contributed by atoms with Crippen LogP contribution in [0.3, 0.4) is 0 Å². The Hall–Kier alpha value is -1.13. The minimum Gasteiger partial charge on any atom is -0.488 e. The van der Waals surface area contributed by atoms with Gasteiger partial charge in [-0.15, -0.1) is 0 Å². The summed E-state index contributed by atoms with van der Waals surface area (Å²) >= 11 is 0. The predicted octanol–water partition coefficient (Wildman–Crippen LogP) is 2.40. The fourth-order valence-corrected chi connectivity index (χ4v) is 1.97. The third-order valence-corrected chi connectivity index (χ3v) is 2.87. The quantitative estimate of drug-likeness (QED) is 0.881. The van der Waals surface area contributed by atoms with Crippen molar-refractivity contribution < 1.29 is 13.9 Å². The van der Waals surface area contributed by atoms with Gasteiger partial charge >= 0.3 is 0 Å². The van der Waals surface area contributed by atoms with E-state index in [1.807, 2.05) is 6.92 Å². The summed E-state index contributed by atoms with van der Waals surface area (Å²) in [7, 11) is 0. The Labute approximate surface area is 101 Å². The molecule has 1 saturated heterocycles. The van der Waals surface area contributed by atoms with Gasteiger partial charge in [0.15, 0.2) is 0 Å². The third-order valence-electron chi connectivity index (χ3n) is 2.87. The van der Waals surface area contributed by atoms with Crippen molar-refractivity contribution in [3.8, 4) is 5.75 Å². The van der Waals surface area contributed by atoms with Crippen LogP contribution in [-0.2, 0) is 4.74 Å². The maximum atomic E-state index is 13.2. The van der Waals surface area contributed by atoms with Crippen molar-refractivity contribution in [3.63, 3.8) is 0 Å². The molecule has 1 aromatic rings. The van der Waals surface area contributed by atoms with E-state index < -0.39 is 0 Å². The summed E-state index contributed by atoms with van der Waals surface area (Å²) in [5, 5.41) is 0. The SMILES string of the molecule is C[C@H](N)c1cc(F)ccc1OC1CCCOC1. The van der Waals surface area contributed by atoms with E-state index in [4.69, 9.17) is 15.2 Å². The van der Waals surface area contributed by atoms with Gasteiger partial charge in [0.05, 0.1) is 6.61 Å². The van der Waals surface area contributed by atoms with Gasteiger partial charge in [0, 0.05) is 18.2 Å². The van der Waals surface area contributed by atoms with Crippen molar-refractivity contribution >= 4 is 0 Å². The van der Waals surface area contributed by atoms with E-state index >= 15 is 0 Å². The standard InChI is InChI=1S/C13H18FNO2/c1-9(15)12-7-10(14)4-5-13(12)17-11-3-2-6-16-8-11/h4-5,7,9,11H,2-3,6,8,15H2,1H3/t9-,11?/m0/s1. The molecule has 4 heteroatoms. The molecule has 17 heavy (non-hydrogen) atoms. The largest absolute Gasteiger partial charge is 0.488 e. The zero-order valence-electron chi connectivity index (χ0n) is 9.99. The molecule has 1 aliphatic heterocycles. The van der Waals surface area contributed by atoms with Gasteiger partial charge in [-0.25, -0.2) is 4.39 Å². The molecule has 0 spiro atoms. The number of benzene rings is 1. The maximum absolute atomic E-state index is 13.2. The Bertz CT molecular complexity index is 376. The monoisotopic (exact) mass is 239 g/mol. The van der Waals surface area contributed by atoms with Crippen LogP contribution in [0.15, 0.2) is 18.2 Å². The summed E-state index contributed by atoms with van der Waals surface area (Å²) in [6, 6.07) is 4.22. The first-order valence-corrected chi connectivity index (χ1v) is 5.96. The highest BCUT2D eigenvalue weighted by molar-refractivity contribution is 5.36. The Morgan fingerprint density at radius 3 is 3.00 bits per heavy atom. The summed E-state index contributed by atoms with van der Waals surface area (Å²) in [6.07, 6.45) is 2.02. The molecule has 0 saturated carbocycles. The van der Waals surface area contributed by atoms with E-state index in [2.05, 4.69) is 0 Å². The third kappa shape index (κ3) is 3.17.